The van der Waals surface area contributed by atoms with E-state index >= 15 is 0 Å². The number of anilines is 1. The van der Waals surface area contributed by atoms with E-state index in [0.29, 0.717) is 6.04 Å². The van der Waals surface area contributed by atoms with Crippen LogP contribution in [-0.4, -0.2) is 15.2 Å². The first-order chi connectivity index (χ1) is 9.42. The Morgan fingerprint density at radius 3 is 3.21 bits per heavy atom. The highest BCUT2D eigenvalue weighted by Gasteiger charge is 2.23. The number of para-hydroxylation sites is 1. The Hall–Kier alpha value is -2.36. The van der Waals surface area contributed by atoms with E-state index in [1.54, 1.807) is 0 Å². The molecular weight excluding hydrogens is 236 g/mol. The molecular formula is C15H14N4. The molecule has 1 atom stereocenters. The van der Waals surface area contributed by atoms with E-state index in [1.807, 2.05) is 18.5 Å². The Morgan fingerprint density at radius 1 is 1.21 bits per heavy atom. The molecule has 2 N–H and O–H groups in total. The van der Waals surface area contributed by atoms with Crippen molar-refractivity contribution < 1.29 is 0 Å². The van der Waals surface area contributed by atoms with Crippen molar-refractivity contribution in [1.29, 1.82) is 0 Å². The quantitative estimate of drug-likeness (QED) is 0.735. The molecule has 19 heavy (non-hydrogen) atoms. The second kappa shape index (κ2) is 4.09. The molecule has 1 aliphatic carbocycles. The van der Waals surface area contributed by atoms with Crippen molar-refractivity contribution >= 4 is 16.6 Å². The number of nitrogens with zero attached hydrogens (tertiary/aromatic N) is 2. The summed E-state index contributed by atoms with van der Waals surface area (Å²) < 4.78 is 0. The minimum atomic E-state index is 0.296. The molecule has 94 valence electrons. The number of hydrogen-bond donors (Lipinski definition) is 2. The second-order valence-electron chi connectivity index (χ2n) is 4.92. The van der Waals surface area contributed by atoms with Crippen LogP contribution in [0.2, 0.25) is 0 Å². The van der Waals surface area contributed by atoms with Crippen LogP contribution in [0.1, 0.15) is 23.7 Å². The van der Waals surface area contributed by atoms with Crippen molar-refractivity contribution in [3.8, 4) is 0 Å². The third-order valence-electron chi connectivity index (χ3n) is 3.76. The predicted molar refractivity (Wildman–Crippen MR) is 75.0 cm³/mol. The number of hydrogen-bond acceptors (Lipinski definition) is 3. The number of aryl methyl sites for hydroxylation is 1. The Balaban J connectivity index is 1.71. The number of benzene rings is 1. The summed E-state index contributed by atoms with van der Waals surface area (Å²) in [4.78, 5) is 4.52. The van der Waals surface area contributed by atoms with Crippen molar-refractivity contribution in [2.45, 2.75) is 18.9 Å². The van der Waals surface area contributed by atoms with Gasteiger partial charge in [0.2, 0.25) is 0 Å². The van der Waals surface area contributed by atoms with Gasteiger partial charge in [0.15, 0.2) is 0 Å². The molecule has 2 aromatic heterocycles. The fourth-order valence-corrected chi connectivity index (χ4v) is 2.83. The van der Waals surface area contributed by atoms with Crippen molar-refractivity contribution in [2.75, 3.05) is 5.32 Å². The van der Waals surface area contributed by atoms with E-state index in [4.69, 9.17) is 0 Å². The maximum absolute atomic E-state index is 4.52. The van der Waals surface area contributed by atoms with Crippen LogP contribution in [0.5, 0.6) is 0 Å². The Labute approximate surface area is 110 Å². The standard InChI is InChI=1S/C15H14N4/c1-3-11-9-17-19-15(11)12(5-1)18-13-7-6-10-4-2-8-16-14(10)13/h1-5,8-9,13,18H,6-7H2,(H,17,19). The number of aromatic amines is 1. The van der Waals surface area contributed by atoms with Gasteiger partial charge in [-0.05, 0) is 30.5 Å². The topological polar surface area (TPSA) is 53.6 Å². The van der Waals surface area contributed by atoms with Crippen LogP contribution in [0, 0.1) is 0 Å². The summed E-state index contributed by atoms with van der Waals surface area (Å²) in [6.07, 6.45) is 5.91. The molecule has 0 radical (unpaired) electrons. The molecule has 1 aliphatic rings. The number of nitrogens with one attached hydrogen (secondary N) is 2. The van der Waals surface area contributed by atoms with Crippen LogP contribution in [0.4, 0.5) is 5.69 Å². The maximum Gasteiger partial charge on any atom is 0.0881 e. The van der Waals surface area contributed by atoms with Gasteiger partial charge < -0.3 is 5.32 Å². The number of rotatable bonds is 2. The summed E-state index contributed by atoms with van der Waals surface area (Å²) in [6, 6.07) is 10.7. The number of fused-ring (bicyclic) bond motifs is 2. The Kier molecular flexibility index (Phi) is 2.27. The lowest BCUT2D eigenvalue weighted by molar-refractivity contribution is 0.746. The first-order valence-electron chi connectivity index (χ1n) is 6.54. The molecule has 3 aromatic rings. The van der Waals surface area contributed by atoms with E-state index in [-0.39, 0.29) is 0 Å². The van der Waals surface area contributed by atoms with E-state index in [0.717, 1.165) is 29.4 Å². The highest BCUT2D eigenvalue weighted by atomic mass is 15.1. The third kappa shape index (κ3) is 1.68. The largest absolute Gasteiger partial charge is 0.375 e. The number of pyridine rings is 1. The van der Waals surface area contributed by atoms with Crippen molar-refractivity contribution in [3.05, 3.63) is 54.0 Å². The fraction of sp³-hybridized carbons (Fsp3) is 0.200. The molecule has 1 unspecified atom stereocenters. The monoisotopic (exact) mass is 250 g/mol. The summed E-state index contributed by atoms with van der Waals surface area (Å²) in [6.45, 7) is 0. The van der Waals surface area contributed by atoms with Gasteiger partial charge in [0.25, 0.3) is 0 Å². The normalized spacial score (nSPS) is 17.6. The smallest absolute Gasteiger partial charge is 0.0881 e. The highest BCUT2D eigenvalue weighted by molar-refractivity contribution is 5.90. The third-order valence-corrected chi connectivity index (χ3v) is 3.76. The minimum absolute atomic E-state index is 0.296. The van der Waals surface area contributed by atoms with Gasteiger partial charge in [-0.1, -0.05) is 18.2 Å². The number of H-pyrrole nitrogens is 1. The summed E-state index contributed by atoms with van der Waals surface area (Å²) >= 11 is 0. The average molecular weight is 250 g/mol. The van der Waals surface area contributed by atoms with Crippen LogP contribution < -0.4 is 5.32 Å². The molecule has 0 saturated carbocycles. The lowest BCUT2D eigenvalue weighted by Crippen LogP contribution is -2.08. The SMILES string of the molecule is c1cnc2c(c1)CCC2Nc1cccc2cn[nH]c12. The summed E-state index contributed by atoms with van der Waals surface area (Å²) in [5.41, 5.74) is 4.70. The van der Waals surface area contributed by atoms with Gasteiger partial charge >= 0.3 is 0 Å². The molecule has 0 amide bonds. The van der Waals surface area contributed by atoms with Gasteiger partial charge in [-0.15, -0.1) is 0 Å². The van der Waals surface area contributed by atoms with E-state index < -0.39 is 0 Å². The van der Waals surface area contributed by atoms with Gasteiger partial charge in [0, 0.05) is 11.6 Å². The summed E-state index contributed by atoms with van der Waals surface area (Å²) in [5.74, 6) is 0. The van der Waals surface area contributed by atoms with Crippen LogP contribution in [-0.2, 0) is 6.42 Å². The van der Waals surface area contributed by atoms with E-state index in [9.17, 15) is 0 Å². The molecule has 1 aromatic carbocycles. The van der Waals surface area contributed by atoms with Gasteiger partial charge in [0.1, 0.15) is 0 Å². The number of aromatic nitrogens is 3. The molecule has 4 nitrogen and oxygen atoms in total. The van der Waals surface area contributed by atoms with Gasteiger partial charge in [0.05, 0.1) is 29.1 Å². The minimum Gasteiger partial charge on any atom is -0.375 e. The average Bonchev–Trinajstić information content (AvgIpc) is 3.06. The van der Waals surface area contributed by atoms with Gasteiger partial charge in [-0.2, -0.15) is 5.10 Å². The second-order valence-corrected chi connectivity index (χ2v) is 4.92. The molecule has 0 saturated heterocycles. The predicted octanol–water partition coefficient (Wildman–Crippen LogP) is 3.06. The lowest BCUT2D eigenvalue weighted by atomic mass is 10.1. The van der Waals surface area contributed by atoms with Crippen molar-refractivity contribution in [2.24, 2.45) is 0 Å². The molecule has 2 heterocycles. The summed E-state index contributed by atoms with van der Waals surface area (Å²) in [5, 5.41) is 11.9. The Morgan fingerprint density at radius 2 is 2.21 bits per heavy atom. The van der Waals surface area contributed by atoms with Crippen molar-refractivity contribution in [1.82, 2.24) is 15.2 Å². The van der Waals surface area contributed by atoms with Crippen LogP contribution in [0.3, 0.4) is 0 Å². The zero-order valence-electron chi connectivity index (χ0n) is 10.4. The zero-order valence-corrected chi connectivity index (χ0v) is 10.4. The zero-order chi connectivity index (χ0) is 12.7. The molecule has 4 rings (SSSR count). The first-order valence-corrected chi connectivity index (χ1v) is 6.54. The van der Waals surface area contributed by atoms with E-state index in [1.165, 1.54) is 11.3 Å². The van der Waals surface area contributed by atoms with Gasteiger partial charge in [-0.3, -0.25) is 10.1 Å². The van der Waals surface area contributed by atoms with Crippen LogP contribution in [0.25, 0.3) is 10.9 Å². The summed E-state index contributed by atoms with van der Waals surface area (Å²) in [7, 11) is 0. The molecule has 0 aliphatic heterocycles. The molecule has 0 bridgehead atoms. The lowest BCUT2D eigenvalue weighted by Gasteiger charge is -2.15. The highest BCUT2D eigenvalue weighted by Crippen LogP contribution is 2.33. The molecule has 0 spiro atoms. The van der Waals surface area contributed by atoms with E-state index in [2.05, 4.69) is 44.8 Å². The Bertz CT molecular complexity index is 732. The van der Waals surface area contributed by atoms with Crippen LogP contribution in [0.15, 0.2) is 42.7 Å². The fourth-order valence-electron chi connectivity index (χ4n) is 2.83. The van der Waals surface area contributed by atoms with Crippen molar-refractivity contribution in [3.63, 3.8) is 0 Å². The first kappa shape index (κ1) is 10.6. The molecule has 0 fully saturated rings. The maximum atomic E-state index is 4.52. The van der Waals surface area contributed by atoms with Crippen LogP contribution >= 0.6 is 0 Å². The molecule has 4 heteroatoms. The van der Waals surface area contributed by atoms with Gasteiger partial charge in [-0.25, -0.2) is 0 Å².